The number of aromatic amines is 1. The molecule has 0 unspecified atom stereocenters. The summed E-state index contributed by atoms with van der Waals surface area (Å²) in [5, 5.41) is 0. The van der Waals surface area contributed by atoms with Crippen molar-refractivity contribution >= 4 is 16.9 Å². The normalized spacial score (nSPS) is 16.7. The molecule has 39 heavy (non-hydrogen) atoms. The summed E-state index contributed by atoms with van der Waals surface area (Å²) in [6.45, 7) is 5.12. The van der Waals surface area contributed by atoms with Gasteiger partial charge in [-0.05, 0) is 67.1 Å². The minimum atomic E-state index is -0.0116. The van der Waals surface area contributed by atoms with Crippen LogP contribution in [0, 0.1) is 0 Å². The van der Waals surface area contributed by atoms with E-state index in [1.165, 1.54) is 5.56 Å². The van der Waals surface area contributed by atoms with Crippen LogP contribution in [0.25, 0.3) is 11.0 Å². The van der Waals surface area contributed by atoms with E-state index in [1.54, 1.807) is 0 Å². The zero-order chi connectivity index (χ0) is 26.6. The number of aromatic nitrogens is 2. The third-order valence-electron chi connectivity index (χ3n) is 8.17. The number of H-pyrrole nitrogens is 1. The van der Waals surface area contributed by atoms with Gasteiger partial charge in [-0.15, -0.1) is 0 Å². The number of para-hydroxylation sites is 3. The van der Waals surface area contributed by atoms with E-state index in [-0.39, 0.29) is 17.6 Å². The average Bonchev–Trinajstić information content (AvgIpc) is 3.62. The van der Waals surface area contributed by atoms with E-state index in [1.807, 2.05) is 64.1 Å². The van der Waals surface area contributed by atoms with Crippen molar-refractivity contribution < 1.29 is 9.53 Å². The molecule has 0 spiro atoms. The van der Waals surface area contributed by atoms with E-state index in [0.29, 0.717) is 6.61 Å². The predicted molar refractivity (Wildman–Crippen MR) is 154 cm³/mol. The first-order valence-corrected chi connectivity index (χ1v) is 14.2. The zero-order valence-electron chi connectivity index (χ0n) is 22.4. The van der Waals surface area contributed by atoms with E-state index in [0.717, 1.165) is 92.7 Å². The number of imidazole rings is 1. The topological polar surface area (TPSA) is 70.6 Å². The fraction of sp³-hybridized carbons (Fsp3) is 0.375. The minimum absolute atomic E-state index is 0.0116. The summed E-state index contributed by atoms with van der Waals surface area (Å²) in [5.41, 5.74) is 4.97. The van der Waals surface area contributed by atoms with E-state index in [4.69, 9.17) is 4.74 Å². The summed E-state index contributed by atoms with van der Waals surface area (Å²) in [7, 11) is 0. The summed E-state index contributed by atoms with van der Waals surface area (Å²) >= 11 is 0. The number of fused-ring (bicyclic) bond motifs is 1. The molecule has 0 saturated carbocycles. The Bertz CT molecular complexity index is 1480. The highest BCUT2D eigenvalue weighted by molar-refractivity contribution is 5.94. The first-order valence-electron chi connectivity index (χ1n) is 14.2. The summed E-state index contributed by atoms with van der Waals surface area (Å²) in [4.78, 5) is 32.6. The average molecular weight is 525 g/mol. The molecule has 2 aliphatic rings. The molecule has 0 atom stereocenters. The molecule has 1 N–H and O–H groups in total. The van der Waals surface area contributed by atoms with Crippen molar-refractivity contribution in [2.45, 2.75) is 38.1 Å². The minimum Gasteiger partial charge on any atom is -0.492 e. The SMILES string of the molecule is O=C(c1ccc(Cc2ccccc2OCCN2CCC(n3c(=O)[nH]c4ccccc43)CC2)cc1)N1CCCC1. The monoisotopic (exact) mass is 524 g/mol. The fourth-order valence-corrected chi connectivity index (χ4v) is 6.00. The number of benzene rings is 3. The van der Waals surface area contributed by atoms with Crippen molar-refractivity contribution in [3.05, 3.63) is 100.0 Å². The van der Waals surface area contributed by atoms with Gasteiger partial charge in [-0.25, -0.2) is 4.79 Å². The lowest BCUT2D eigenvalue weighted by atomic mass is 10.0. The number of ether oxygens (including phenoxy) is 1. The number of nitrogens with zero attached hydrogens (tertiary/aromatic N) is 3. The van der Waals surface area contributed by atoms with E-state index >= 15 is 0 Å². The summed E-state index contributed by atoms with van der Waals surface area (Å²) in [6.07, 6.45) is 4.87. The van der Waals surface area contributed by atoms with Crippen molar-refractivity contribution in [1.29, 1.82) is 0 Å². The zero-order valence-corrected chi connectivity index (χ0v) is 22.4. The van der Waals surface area contributed by atoms with Gasteiger partial charge >= 0.3 is 5.69 Å². The van der Waals surface area contributed by atoms with Crippen molar-refractivity contribution in [3.8, 4) is 5.75 Å². The molecule has 0 aliphatic carbocycles. The number of carbonyl (C=O) groups excluding carboxylic acids is 1. The van der Waals surface area contributed by atoms with Crippen LogP contribution in [0.15, 0.2) is 77.6 Å². The maximum atomic E-state index is 12.6. The van der Waals surface area contributed by atoms with E-state index < -0.39 is 0 Å². The van der Waals surface area contributed by atoms with Crippen molar-refractivity contribution in [2.24, 2.45) is 0 Å². The summed E-state index contributed by atoms with van der Waals surface area (Å²) in [5.74, 6) is 1.05. The van der Waals surface area contributed by atoms with Crippen LogP contribution in [0.5, 0.6) is 5.75 Å². The Morgan fingerprint density at radius 2 is 1.59 bits per heavy atom. The number of likely N-dealkylation sites (tertiary alicyclic amines) is 2. The molecule has 7 nitrogen and oxygen atoms in total. The number of rotatable bonds is 8. The van der Waals surface area contributed by atoms with Crippen LogP contribution in [0.3, 0.4) is 0 Å². The Kier molecular flexibility index (Phi) is 7.50. The largest absolute Gasteiger partial charge is 0.492 e. The van der Waals surface area contributed by atoms with Crippen LogP contribution >= 0.6 is 0 Å². The second-order valence-electron chi connectivity index (χ2n) is 10.7. The van der Waals surface area contributed by atoms with Crippen molar-refractivity contribution in [3.63, 3.8) is 0 Å². The number of carbonyl (C=O) groups is 1. The molecular formula is C32H36N4O3. The molecular weight excluding hydrogens is 488 g/mol. The summed E-state index contributed by atoms with van der Waals surface area (Å²) < 4.78 is 8.19. The molecule has 1 amide bonds. The van der Waals surface area contributed by atoms with E-state index in [2.05, 4.69) is 28.1 Å². The van der Waals surface area contributed by atoms with Crippen molar-refractivity contribution in [2.75, 3.05) is 39.3 Å². The first-order chi connectivity index (χ1) is 19.2. The molecule has 6 rings (SSSR count). The van der Waals surface area contributed by atoms with Gasteiger partial charge in [-0.1, -0.05) is 42.5 Å². The maximum Gasteiger partial charge on any atom is 0.326 e. The molecule has 202 valence electrons. The molecule has 2 aliphatic heterocycles. The van der Waals surface area contributed by atoms with Gasteiger partial charge in [0.15, 0.2) is 0 Å². The molecule has 4 aromatic rings. The smallest absolute Gasteiger partial charge is 0.326 e. The second-order valence-corrected chi connectivity index (χ2v) is 10.7. The lowest BCUT2D eigenvalue weighted by Gasteiger charge is -2.32. The molecule has 0 radical (unpaired) electrons. The Morgan fingerprint density at radius 1 is 0.872 bits per heavy atom. The standard InChI is InChI=1S/C32H36N4O3/c37-31(35-17-5-6-18-35)25-13-11-24(12-14-25)23-26-7-1-4-10-30(26)39-22-21-34-19-15-27(16-20-34)36-29-9-3-2-8-28(29)33-32(36)38/h1-4,7-14,27H,5-6,15-23H2,(H,33,38). The molecule has 2 fully saturated rings. The Hall–Kier alpha value is -3.84. The van der Waals surface area contributed by atoms with Crippen LogP contribution in [-0.4, -0.2) is 64.6 Å². The highest BCUT2D eigenvalue weighted by Crippen LogP contribution is 2.26. The third kappa shape index (κ3) is 5.64. The highest BCUT2D eigenvalue weighted by atomic mass is 16.5. The lowest BCUT2D eigenvalue weighted by Crippen LogP contribution is -2.38. The van der Waals surface area contributed by atoms with Gasteiger partial charge in [0.2, 0.25) is 0 Å². The fourth-order valence-electron chi connectivity index (χ4n) is 6.00. The number of amides is 1. The van der Waals surface area contributed by atoms with Crippen LogP contribution in [0.1, 0.15) is 53.2 Å². The van der Waals surface area contributed by atoms with Gasteiger partial charge in [-0.3, -0.25) is 14.3 Å². The van der Waals surface area contributed by atoms with Gasteiger partial charge in [0, 0.05) is 50.7 Å². The van der Waals surface area contributed by atoms with Gasteiger partial charge in [0.05, 0.1) is 11.0 Å². The third-order valence-corrected chi connectivity index (χ3v) is 8.17. The van der Waals surface area contributed by atoms with Crippen LogP contribution in [0.2, 0.25) is 0 Å². The van der Waals surface area contributed by atoms with Crippen LogP contribution in [0.4, 0.5) is 0 Å². The molecule has 1 aromatic heterocycles. The number of nitrogens with one attached hydrogen (secondary N) is 1. The molecule has 2 saturated heterocycles. The van der Waals surface area contributed by atoms with Crippen LogP contribution in [-0.2, 0) is 6.42 Å². The Labute approximate surface area is 229 Å². The van der Waals surface area contributed by atoms with E-state index in [9.17, 15) is 9.59 Å². The van der Waals surface area contributed by atoms with Gasteiger partial charge < -0.3 is 14.6 Å². The highest BCUT2D eigenvalue weighted by Gasteiger charge is 2.23. The summed E-state index contributed by atoms with van der Waals surface area (Å²) in [6, 6.07) is 24.4. The molecule has 0 bridgehead atoms. The molecule has 3 aromatic carbocycles. The number of piperidine rings is 1. The van der Waals surface area contributed by atoms with Gasteiger partial charge in [0.25, 0.3) is 5.91 Å². The second kappa shape index (κ2) is 11.5. The van der Waals surface area contributed by atoms with Gasteiger partial charge in [0.1, 0.15) is 12.4 Å². The first kappa shape index (κ1) is 25.4. The Morgan fingerprint density at radius 3 is 2.38 bits per heavy atom. The lowest BCUT2D eigenvalue weighted by molar-refractivity contribution is 0.0793. The quantitative estimate of drug-likeness (QED) is 0.357. The number of hydrogen-bond acceptors (Lipinski definition) is 4. The van der Waals surface area contributed by atoms with Crippen LogP contribution < -0.4 is 10.4 Å². The number of hydrogen-bond donors (Lipinski definition) is 1. The van der Waals surface area contributed by atoms with Crippen molar-refractivity contribution in [1.82, 2.24) is 19.4 Å². The molecule has 7 heteroatoms. The van der Waals surface area contributed by atoms with Gasteiger partial charge in [-0.2, -0.15) is 0 Å². The maximum absolute atomic E-state index is 12.6. The predicted octanol–water partition coefficient (Wildman–Crippen LogP) is 4.87. The molecule has 3 heterocycles. The Balaban J connectivity index is 1.01.